The lowest BCUT2D eigenvalue weighted by Gasteiger charge is -2.37. The van der Waals surface area contributed by atoms with Crippen LogP contribution in [-0.4, -0.2) is 44.8 Å². The van der Waals surface area contributed by atoms with E-state index in [1.165, 1.54) is 7.11 Å². The van der Waals surface area contributed by atoms with Gasteiger partial charge in [-0.15, -0.1) is 0 Å². The maximum absolute atomic E-state index is 13.8. The summed E-state index contributed by atoms with van der Waals surface area (Å²) >= 11 is 3.39. The Morgan fingerprint density at radius 2 is 1.71 bits per heavy atom. The van der Waals surface area contributed by atoms with E-state index in [1.54, 1.807) is 26.4 Å². The molecule has 0 bridgehead atoms. The molecule has 2 aliphatic rings. The van der Waals surface area contributed by atoms with Crippen molar-refractivity contribution >= 4 is 27.7 Å². The number of ether oxygens (including phenoxy) is 4. The highest BCUT2D eigenvalue weighted by Gasteiger charge is 2.42. The van der Waals surface area contributed by atoms with Crippen molar-refractivity contribution in [1.82, 2.24) is 5.32 Å². The zero-order valence-corrected chi connectivity index (χ0v) is 23.7. The van der Waals surface area contributed by atoms with Crippen molar-refractivity contribution < 1.29 is 33.6 Å². The molecule has 0 unspecified atom stereocenters. The lowest BCUT2D eigenvalue weighted by atomic mass is 9.71. The van der Waals surface area contributed by atoms with E-state index in [0.29, 0.717) is 51.2 Å². The van der Waals surface area contributed by atoms with Crippen LogP contribution in [-0.2, 0) is 14.3 Å². The number of hydrogen-bond acceptors (Lipinski definition) is 8. The summed E-state index contributed by atoms with van der Waals surface area (Å²) in [7, 11) is 4.62. The first-order chi connectivity index (χ1) is 18.2. The number of nitrogens with one attached hydrogen (secondary N) is 1. The zero-order chi connectivity index (χ0) is 27.6. The van der Waals surface area contributed by atoms with Gasteiger partial charge in [-0.1, -0.05) is 13.0 Å². The van der Waals surface area contributed by atoms with Crippen LogP contribution in [0.3, 0.4) is 0 Å². The Morgan fingerprint density at radius 3 is 2.37 bits per heavy atom. The highest BCUT2D eigenvalue weighted by atomic mass is 79.9. The molecule has 0 saturated carbocycles. The predicted molar refractivity (Wildman–Crippen MR) is 146 cm³/mol. The van der Waals surface area contributed by atoms with Crippen molar-refractivity contribution in [1.29, 1.82) is 0 Å². The van der Waals surface area contributed by atoms with Crippen molar-refractivity contribution in [2.75, 3.05) is 27.9 Å². The van der Waals surface area contributed by atoms with Gasteiger partial charge in [0.05, 0.1) is 38.0 Å². The van der Waals surface area contributed by atoms with Gasteiger partial charge in [0.15, 0.2) is 28.8 Å². The van der Waals surface area contributed by atoms with E-state index in [1.807, 2.05) is 32.0 Å². The van der Waals surface area contributed by atoms with Gasteiger partial charge >= 0.3 is 5.97 Å². The van der Waals surface area contributed by atoms with Crippen LogP contribution in [0.5, 0.6) is 23.0 Å². The number of phenols is 1. The first-order valence-corrected chi connectivity index (χ1v) is 13.2. The van der Waals surface area contributed by atoms with Gasteiger partial charge in [-0.05, 0) is 77.0 Å². The van der Waals surface area contributed by atoms with Gasteiger partial charge in [-0.25, -0.2) is 4.79 Å². The minimum Gasteiger partial charge on any atom is -0.503 e. The molecule has 38 heavy (non-hydrogen) atoms. The normalized spacial score (nSPS) is 19.1. The number of ketones is 1. The molecule has 2 aromatic carbocycles. The average molecular weight is 586 g/mol. The number of benzene rings is 2. The summed E-state index contributed by atoms with van der Waals surface area (Å²) in [5.74, 6) is 0.0854. The largest absolute Gasteiger partial charge is 0.503 e. The summed E-state index contributed by atoms with van der Waals surface area (Å²) in [4.78, 5) is 27.1. The molecule has 0 fully saturated rings. The van der Waals surface area contributed by atoms with Gasteiger partial charge in [0.1, 0.15) is 0 Å². The molecule has 8 nitrogen and oxygen atoms in total. The summed E-state index contributed by atoms with van der Waals surface area (Å²) in [5.41, 5.74) is 3.88. The maximum atomic E-state index is 13.8. The molecule has 0 spiro atoms. The van der Waals surface area contributed by atoms with Gasteiger partial charge in [0.2, 0.25) is 0 Å². The van der Waals surface area contributed by atoms with E-state index in [4.69, 9.17) is 18.9 Å². The third kappa shape index (κ3) is 5.12. The van der Waals surface area contributed by atoms with Crippen molar-refractivity contribution in [3.05, 3.63) is 68.5 Å². The minimum absolute atomic E-state index is 0.0568. The number of Topliss-reactive ketones (excluding diaryl/α,β-unsaturated/α-hetero) is 1. The molecular formula is C29H32BrNO7. The molecule has 0 aromatic heterocycles. The van der Waals surface area contributed by atoms with E-state index in [-0.39, 0.29) is 36.2 Å². The molecule has 9 heteroatoms. The van der Waals surface area contributed by atoms with Crippen molar-refractivity contribution in [2.24, 2.45) is 0 Å². The number of dihydropyridines is 1. The summed E-state index contributed by atoms with van der Waals surface area (Å²) in [5, 5.41) is 13.8. The van der Waals surface area contributed by atoms with Gasteiger partial charge in [-0.3, -0.25) is 4.79 Å². The van der Waals surface area contributed by atoms with Gasteiger partial charge in [0, 0.05) is 29.3 Å². The summed E-state index contributed by atoms with van der Waals surface area (Å²) in [6.07, 6.45) is 1.51. The van der Waals surface area contributed by atoms with E-state index in [0.717, 1.165) is 11.3 Å². The van der Waals surface area contributed by atoms with Crippen LogP contribution in [0.25, 0.3) is 0 Å². The number of esters is 1. The second-order valence-electron chi connectivity index (χ2n) is 9.32. The number of hydrogen-bond donors (Lipinski definition) is 2. The molecule has 2 aromatic rings. The van der Waals surface area contributed by atoms with Crippen molar-refractivity contribution in [3.63, 3.8) is 0 Å². The van der Waals surface area contributed by atoms with Crippen molar-refractivity contribution in [2.45, 2.75) is 44.9 Å². The Morgan fingerprint density at radius 1 is 1.03 bits per heavy atom. The molecule has 0 amide bonds. The molecule has 2 atom stereocenters. The second kappa shape index (κ2) is 11.5. The van der Waals surface area contributed by atoms with Gasteiger partial charge in [0.25, 0.3) is 0 Å². The van der Waals surface area contributed by atoms with Crippen LogP contribution in [0.1, 0.15) is 56.1 Å². The smallest absolute Gasteiger partial charge is 0.336 e. The molecular weight excluding hydrogens is 554 g/mol. The standard InChI is InChI=1S/C29H32BrNO7/c1-6-9-38-29(34)25-15(2)31-20-11-17(16-7-8-22(35-3)23(13-16)36-4)12-21(32)27(20)26(25)18-10-19(30)28(33)24(14-18)37-5/h7-8,10,13-14,17,26,31,33H,6,9,11-12H2,1-5H3/t17-,26+/m1/s1. The number of carbonyl (C=O) groups is 2. The van der Waals surface area contributed by atoms with Crippen LogP contribution >= 0.6 is 15.9 Å². The number of methoxy groups -OCH3 is 3. The number of allylic oxidation sites excluding steroid dienone is 3. The van der Waals surface area contributed by atoms with Crippen molar-refractivity contribution in [3.8, 4) is 23.0 Å². The Labute approximate surface area is 230 Å². The number of rotatable bonds is 8. The van der Waals surface area contributed by atoms with E-state index >= 15 is 0 Å². The third-order valence-corrected chi connectivity index (χ3v) is 7.57. The molecule has 0 radical (unpaired) electrons. The molecule has 0 saturated heterocycles. The van der Waals surface area contributed by atoms with Crippen LogP contribution in [0.2, 0.25) is 0 Å². The molecule has 4 rings (SSSR count). The zero-order valence-electron chi connectivity index (χ0n) is 22.1. The fraction of sp³-hybridized carbons (Fsp3) is 0.379. The summed E-state index contributed by atoms with van der Waals surface area (Å²) in [6, 6.07) is 9.07. The van der Waals surface area contributed by atoms with Crippen LogP contribution in [0, 0.1) is 0 Å². The Balaban J connectivity index is 1.82. The maximum Gasteiger partial charge on any atom is 0.336 e. The Bertz CT molecular complexity index is 1330. The minimum atomic E-state index is -0.680. The highest BCUT2D eigenvalue weighted by molar-refractivity contribution is 9.10. The molecule has 202 valence electrons. The first-order valence-electron chi connectivity index (χ1n) is 12.4. The topological polar surface area (TPSA) is 103 Å². The van der Waals surface area contributed by atoms with E-state index in [9.17, 15) is 14.7 Å². The molecule has 2 N–H and O–H groups in total. The number of halogens is 1. The monoisotopic (exact) mass is 585 g/mol. The predicted octanol–water partition coefficient (Wildman–Crippen LogP) is 5.50. The summed E-state index contributed by atoms with van der Waals surface area (Å²) in [6.45, 7) is 4.01. The fourth-order valence-corrected chi connectivity index (χ4v) is 5.63. The second-order valence-corrected chi connectivity index (χ2v) is 10.2. The SMILES string of the molecule is CCCOC(=O)C1=C(C)NC2=C(C(=O)C[C@H](c3ccc(OC)c(OC)c3)C2)[C@H]1c1cc(Br)c(O)c(OC)c1. The molecule has 1 aliphatic heterocycles. The fourth-order valence-electron chi connectivity index (χ4n) is 5.17. The lowest BCUT2D eigenvalue weighted by Crippen LogP contribution is -2.36. The van der Waals surface area contributed by atoms with Crippen LogP contribution in [0.15, 0.2) is 57.3 Å². The molecule has 1 heterocycles. The van der Waals surface area contributed by atoms with Crippen LogP contribution in [0.4, 0.5) is 0 Å². The van der Waals surface area contributed by atoms with Crippen LogP contribution < -0.4 is 19.5 Å². The number of aromatic hydroxyl groups is 1. The number of phenolic OH excluding ortho intramolecular Hbond substituents is 1. The lowest BCUT2D eigenvalue weighted by molar-refractivity contribution is -0.139. The van der Waals surface area contributed by atoms with Gasteiger partial charge in [-0.2, -0.15) is 0 Å². The highest BCUT2D eigenvalue weighted by Crippen LogP contribution is 2.48. The quantitative estimate of drug-likeness (QED) is 0.392. The first kappa shape index (κ1) is 27.6. The van der Waals surface area contributed by atoms with E-state index < -0.39 is 11.9 Å². The average Bonchev–Trinajstić information content (AvgIpc) is 2.91. The number of carbonyl (C=O) groups excluding carboxylic acids is 2. The Hall–Kier alpha value is -3.46. The van der Waals surface area contributed by atoms with E-state index in [2.05, 4.69) is 21.2 Å². The molecule has 1 aliphatic carbocycles. The summed E-state index contributed by atoms with van der Waals surface area (Å²) < 4.78 is 22.1. The van der Waals surface area contributed by atoms with Gasteiger partial charge < -0.3 is 29.4 Å². The third-order valence-electron chi connectivity index (χ3n) is 6.97. The Kier molecular flexibility index (Phi) is 8.35.